The van der Waals surface area contributed by atoms with Crippen molar-refractivity contribution in [3.05, 3.63) is 23.8 Å². The SMILES string of the molecule is Cc1ccc2c(c1)OC(C)C(=O)N2C(C)C(N)=O. The van der Waals surface area contributed by atoms with E-state index in [2.05, 4.69) is 0 Å². The lowest BCUT2D eigenvalue weighted by molar-refractivity contribution is -0.129. The van der Waals surface area contributed by atoms with Crippen LogP contribution in [0.2, 0.25) is 0 Å². The van der Waals surface area contributed by atoms with E-state index in [0.29, 0.717) is 11.4 Å². The summed E-state index contributed by atoms with van der Waals surface area (Å²) in [7, 11) is 0. The number of nitrogens with zero attached hydrogens (tertiary/aromatic N) is 1. The Morgan fingerprint density at radius 1 is 1.50 bits per heavy atom. The van der Waals surface area contributed by atoms with Crippen molar-refractivity contribution >= 4 is 17.5 Å². The quantitative estimate of drug-likeness (QED) is 0.848. The molecule has 96 valence electrons. The van der Waals surface area contributed by atoms with Crippen molar-refractivity contribution in [3.63, 3.8) is 0 Å². The first-order valence-corrected chi connectivity index (χ1v) is 5.81. The van der Waals surface area contributed by atoms with Crippen molar-refractivity contribution in [2.75, 3.05) is 4.90 Å². The first-order valence-electron chi connectivity index (χ1n) is 5.81. The van der Waals surface area contributed by atoms with E-state index in [1.165, 1.54) is 4.90 Å². The van der Waals surface area contributed by atoms with Crippen LogP contribution in [0.4, 0.5) is 5.69 Å². The molecule has 2 rings (SSSR count). The molecule has 0 bridgehead atoms. The van der Waals surface area contributed by atoms with Gasteiger partial charge >= 0.3 is 0 Å². The first kappa shape index (κ1) is 12.4. The van der Waals surface area contributed by atoms with Gasteiger partial charge in [-0.15, -0.1) is 0 Å². The van der Waals surface area contributed by atoms with Crippen molar-refractivity contribution in [3.8, 4) is 5.75 Å². The van der Waals surface area contributed by atoms with E-state index in [-0.39, 0.29) is 5.91 Å². The number of benzene rings is 1. The highest BCUT2D eigenvalue weighted by Gasteiger charge is 2.36. The van der Waals surface area contributed by atoms with E-state index < -0.39 is 18.1 Å². The van der Waals surface area contributed by atoms with E-state index in [1.807, 2.05) is 19.1 Å². The Morgan fingerprint density at radius 3 is 2.78 bits per heavy atom. The normalized spacial score (nSPS) is 20.1. The van der Waals surface area contributed by atoms with Gasteiger partial charge in [0.25, 0.3) is 5.91 Å². The Morgan fingerprint density at radius 2 is 2.17 bits per heavy atom. The molecule has 2 N–H and O–H groups in total. The molecule has 0 radical (unpaired) electrons. The third-order valence-corrected chi connectivity index (χ3v) is 3.06. The second-order valence-corrected chi connectivity index (χ2v) is 4.52. The fourth-order valence-corrected chi connectivity index (χ4v) is 2.00. The Kier molecular flexibility index (Phi) is 2.98. The number of aryl methyl sites for hydroxylation is 1. The molecule has 1 aliphatic heterocycles. The molecule has 2 atom stereocenters. The van der Waals surface area contributed by atoms with E-state index in [0.717, 1.165) is 5.56 Å². The van der Waals surface area contributed by atoms with Gasteiger partial charge in [0.05, 0.1) is 5.69 Å². The standard InChI is InChI=1S/C13H16N2O3/c1-7-4-5-10-11(6-7)18-9(3)13(17)15(10)8(2)12(14)16/h4-6,8-9H,1-3H3,(H2,14,16). The number of nitrogens with two attached hydrogens (primary N) is 1. The molecule has 2 unspecified atom stereocenters. The lowest BCUT2D eigenvalue weighted by Gasteiger charge is -2.35. The van der Waals surface area contributed by atoms with E-state index in [4.69, 9.17) is 10.5 Å². The molecule has 0 aliphatic carbocycles. The average Bonchev–Trinajstić information content (AvgIpc) is 2.30. The molecule has 1 aromatic rings. The zero-order chi connectivity index (χ0) is 13.4. The zero-order valence-electron chi connectivity index (χ0n) is 10.6. The summed E-state index contributed by atoms with van der Waals surface area (Å²) in [6, 6.07) is 4.80. The predicted molar refractivity (Wildman–Crippen MR) is 67.4 cm³/mol. The Balaban J connectivity index is 2.52. The summed E-state index contributed by atoms with van der Waals surface area (Å²) >= 11 is 0. The monoisotopic (exact) mass is 248 g/mol. The molecule has 1 heterocycles. The number of carbonyl (C=O) groups excluding carboxylic acids is 2. The third-order valence-electron chi connectivity index (χ3n) is 3.06. The van der Waals surface area contributed by atoms with E-state index >= 15 is 0 Å². The van der Waals surface area contributed by atoms with Crippen LogP contribution in [0.15, 0.2) is 18.2 Å². The van der Waals surface area contributed by atoms with Gasteiger partial charge in [-0.25, -0.2) is 0 Å². The number of amides is 2. The smallest absolute Gasteiger partial charge is 0.268 e. The van der Waals surface area contributed by atoms with Crippen molar-refractivity contribution in [1.82, 2.24) is 0 Å². The van der Waals surface area contributed by atoms with Crippen LogP contribution in [-0.2, 0) is 9.59 Å². The highest BCUT2D eigenvalue weighted by atomic mass is 16.5. The fraction of sp³-hybridized carbons (Fsp3) is 0.385. The summed E-state index contributed by atoms with van der Waals surface area (Å²) in [5, 5.41) is 0. The van der Waals surface area contributed by atoms with Crippen LogP contribution >= 0.6 is 0 Å². The highest BCUT2D eigenvalue weighted by molar-refractivity contribution is 6.04. The minimum absolute atomic E-state index is 0.252. The molecule has 1 aromatic carbocycles. The van der Waals surface area contributed by atoms with Gasteiger partial charge in [-0.05, 0) is 38.5 Å². The number of rotatable bonds is 2. The molecule has 5 heteroatoms. The maximum absolute atomic E-state index is 12.1. The van der Waals surface area contributed by atoms with Crippen molar-refractivity contribution in [1.29, 1.82) is 0 Å². The van der Waals surface area contributed by atoms with Crippen molar-refractivity contribution in [2.24, 2.45) is 5.73 Å². The van der Waals surface area contributed by atoms with E-state index in [9.17, 15) is 9.59 Å². The molecule has 0 saturated heterocycles. The summed E-state index contributed by atoms with van der Waals surface area (Å²) in [6.07, 6.45) is -0.610. The molecule has 0 spiro atoms. The molecule has 0 aromatic heterocycles. The number of hydrogen-bond donors (Lipinski definition) is 1. The predicted octanol–water partition coefficient (Wildman–Crippen LogP) is 0.983. The van der Waals surface area contributed by atoms with Gasteiger partial charge in [0.2, 0.25) is 5.91 Å². The fourth-order valence-electron chi connectivity index (χ4n) is 2.00. The summed E-state index contributed by atoms with van der Waals surface area (Å²) < 4.78 is 5.54. The van der Waals surface area contributed by atoms with Crippen LogP contribution in [0.3, 0.4) is 0 Å². The van der Waals surface area contributed by atoms with Crippen LogP contribution in [0.5, 0.6) is 5.75 Å². The van der Waals surface area contributed by atoms with Crippen LogP contribution in [0.25, 0.3) is 0 Å². The Bertz CT molecular complexity index is 513. The number of anilines is 1. The summed E-state index contributed by atoms with van der Waals surface area (Å²) in [5.41, 5.74) is 6.91. The highest BCUT2D eigenvalue weighted by Crippen LogP contribution is 2.35. The van der Waals surface area contributed by atoms with Crippen molar-refractivity contribution < 1.29 is 14.3 Å². The number of primary amides is 1. The molecular formula is C13H16N2O3. The third kappa shape index (κ3) is 1.92. The largest absolute Gasteiger partial charge is 0.479 e. The average molecular weight is 248 g/mol. The topological polar surface area (TPSA) is 72.6 Å². The van der Waals surface area contributed by atoms with Gasteiger partial charge in [-0.2, -0.15) is 0 Å². The lowest BCUT2D eigenvalue weighted by Crippen LogP contribution is -2.53. The van der Waals surface area contributed by atoms with Gasteiger partial charge in [0.15, 0.2) is 6.10 Å². The Labute approximate surface area is 106 Å². The summed E-state index contributed by atoms with van der Waals surface area (Å²) in [6.45, 7) is 5.21. The second kappa shape index (κ2) is 4.33. The van der Waals surface area contributed by atoms with Gasteiger partial charge in [0.1, 0.15) is 11.8 Å². The maximum Gasteiger partial charge on any atom is 0.268 e. The number of ether oxygens (including phenoxy) is 1. The first-order chi connectivity index (χ1) is 8.41. The van der Waals surface area contributed by atoms with Crippen LogP contribution in [0.1, 0.15) is 19.4 Å². The van der Waals surface area contributed by atoms with Gasteiger partial charge in [-0.1, -0.05) is 6.07 Å². The zero-order valence-corrected chi connectivity index (χ0v) is 10.6. The van der Waals surface area contributed by atoms with Gasteiger partial charge in [-0.3, -0.25) is 14.5 Å². The van der Waals surface area contributed by atoms with E-state index in [1.54, 1.807) is 19.9 Å². The van der Waals surface area contributed by atoms with Crippen molar-refractivity contribution in [2.45, 2.75) is 32.9 Å². The van der Waals surface area contributed by atoms with Gasteiger partial charge < -0.3 is 10.5 Å². The van der Waals surface area contributed by atoms with Crippen LogP contribution in [-0.4, -0.2) is 24.0 Å². The summed E-state index contributed by atoms with van der Waals surface area (Å²) in [5.74, 6) is -0.183. The molecule has 0 saturated carbocycles. The number of hydrogen-bond acceptors (Lipinski definition) is 3. The minimum atomic E-state index is -0.690. The maximum atomic E-state index is 12.1. The molecule has 1 aliphatic rings. The molecule has 2 amide bonds. The molecule has 5 nitrogen and oxygen atoms in total. The lowest BCUT2D eigenvalue weighted by atomic mass is 10.1. The number of carbonyl (C=O) groups is 2. The Hall–Kier alpha value is -2.04. The molecule has 0 fully saturated rings. The summed E-state index contributed by atoms with van der Waals surface area (Å²) in [4.78, 5) is 24.8. The molecule has 18 heavy (non-hydrogen) atoms. The van der Waals surface area contributed by atoms with Crippen LogP contribution in [0, 0.1) is 6.92 Å². The van der Waals surface area contributed by atoms with Gasteiger partial charge in [0, 0.05) is 0 Å². The van der Waals surface area contributed by atoms with Crippen LogP contribution < -0.4 is 15.4 Å². The minimum Gasteiger partial charge on any atom is -0.479 e. The second-order valence-electron chi connectivity index (χ2n) is 4.52. The number of fused-ring (bicyclic) bond motifs is 1. The molecular weight excluding hydrogens is 232 g/mol.